The molecule has 0 aliphatic carbocycles. The molecule has 1 unspecified atom stereocenters. The van der Waals surface area contributed by atoms with Crippen molar-refractivity contribution >= 4 is 11.8 Å². The lowest BCUT2D eigenvalue weighted by Gasteiger charge is -2.11. The molecule has 1 atom stereocenters. The number of hydrogen-bond acceptors (Lipinski definition) is 3. The van der Waals surface area contributed by atoms with Crippen molar-refractivity contribution in [2.24, 2.45) is 13.0 Å². The van der Waals surface area contributed by atoms with Crippen LogP contribution in [0.2, 0.25) is 0 Å². The molecule has 2 aromatic rings. The van der Waals surface area contributed by atoms with E-state index in [1.807, 2.05) is 47.5 Å². The van der Waals surface area contributed by atoms with Gasteiger partial charge in [0.2, 0.25) is 5.78 Å². The molecule has 5 heteroatoms. The number of esters is 1. The van der Waals surface area contributed by atoms with E-state index >= 15 is 0 Å². The highest BCUT2D eigenvalue weighted by Gasteiger charge is 2.34. The largest absolute Gasteiger partial charge is 0.465 e. The summed E-state index contributed by atoms with van der Waals surface area (Å²) in [5.41, 5.74) is 3.17. The lowest BCUT2D eigenvalue weighted by atomic mass is 10.0. The smallest absolute Gasteiger partial charge is 0.315 e. The summed E-state index contributed by atoms with van der Waals surface area (Å²) < 4.78 is 9.28. The van der Waals surface area contributed by atoms with Crippen LogP contribution in [0.4, 0.5) is 0 Å². The topological polar surface area (TPSA) is 53.2 Å². The van der Waals surface area contributed by atoms with Gasteiger partial charge in [-0.15, -0.1) is 0 Å². The van der Waals surface area contributed by atoms with Crippen LogP contribution in [-0.4, -0.2) is 27.5 Å². The Labute approximate surface area is 148 Å². The van der Waals surface area contributed by atoms with Crippen LogP contribution in [0.15, 0.2) is 24.4 Å². The molecule has 3 rings (SSSR count). The zero-order chi connectivity index (χ0) is 18.1. The fraction of sp³-hybridized carbons (Fsp3) is 0.500. The maximum atomic E-state index is 12.9. The molecule has 5 nitrogen and oxygen atoms in total. The minimum Gasteiger partial charge on any atom is -0.465 e. The summed E-state index contributed by atoms with van der Waals surface area (Å²) in [6.07, 6.45) is 3.44. The molecular formula is C20H26N2O3. The highest BCUT2D eigenvalue weighted by atomic mass is 16.5. The SMILES string of the molecule is Cc1cc2n(c1C(=O)c1cccn1C)CCC2C(=O)OCCC(C)C. The molecule has 134 valence electrons. The van der Waals surface area contributed by atoms with Crippen molar-refractivity contribution in [3.63, 3.8) is 0 Å². The van der Waals surface area contributed by atoms with Gasteiger partial charge >= 0.3 is 5.97 Å². The Kier molecular flexibility index (Phi) is 4.84. The number of rotatable bonds is 6. The van der Waals surface area contributed by atoms with Crippen LogP contribution in [0, 0.1) is 12.8 Å². The number of carbonyl (C=O) groups excluding carboxylic acids is 2. The number of ketones is 1. The highest BCUT2D eigenvalue weighted by Crippen LogP contribution is 2.34. The molecule has 0 fully saturated rings. The molecule has 3 heterocycles. The van der Waals surface area contributed by atoms with E-state index in [0.29, 0.717) is 36.9 Å². The van der Waals surface area contributed by atoms with Crippen LogP contribution in [0.1, 0.15) is 60.0 Å². The van der Waals surface area contributed by atoms with E-state index in [1.54, 1.807) is 0 Å². The van der Waals surface area contributed by atoms with Crippen LogP contribution in [0.5, 0.6) is 0 Å². The lowest BCUT2D eigenvalue weighted by molar-refractivity contribution is -0.145. The molecule has 0 amide bonds. The van der Waals surface area contributed by atoms with Crippen molar-refractivity contribution in [2.45, 2.75) is 46.1 Å². The summed E-state index contributed by atoms with van der Waals surface area (Å²) in [4.78, 5) is 25.4. The Hall–Kier alpha value is -2.30. The van der Waals surface area contributed by atoms with E-state index in [2.05, 4.69) is 13.8 Å². The Balaban J connectivity index is 1.82. The third kappa shape index (κ3) is 3.28. The molecule has 0 spiro atoms. The van der Waals surface area contributed by atoms with Crippen molar-refractivity contribution < 1.29 is 14.3 Å². The minimum atomic E-state index is -0.263. The lowest BCUT2D eigenvalue weighted by Crippen LogP contribution is -2.15. The van der Waals surface area contributed by atoms with Gasteiger partial charge in [-0.1, -0.05) is 13.8 Å². The summed E-state index contributed by atoms with van der Waals surface area (Å²) in [6, 6.07) is 5.66. The van der Waals surface area contributed by atoms with Gasteiger partial charge in [0, 0.05) is 25.5 Å². The molecule has 0 radical (unpaired) electrons. The van der Waals surface area contributed by atoms with Crippen LogP contribution in [0.25, 0.3) is 0 Å². The number of aromatic nitrogens is 2. The third-order valence-electron chi connectivity index (χ3n) is 4.93. The average Bonchev–Trinajstić information content (AvgIpc) is 3.20. The van der Waals surface area contributed by atoms with Gasteiger partial charge in [-0.2, -0.15) is 0 Å². The Morgan fingerprint density at radius 1 is 1.36 bits per heavy atom. The van der Waals surface area contributed by atoms with Gasteiger partial charge in [0.05, 0.1) is 23.9 Å². The second-order valence-corrected chi connectivity index (χ2v) is 7.28. The number of aryl methyl sites for hydroxylation is 2. The second kappa shape index (κ2) is 6.90. The fourth-order valence-corrected chi connectivity index (χ4v) is 3.50. The second-order valence-electron chi connectivity index (χ2n) is 7.28. The Morgan fingerprint density at radius 3 is 2.76 bits per heavy atom. The standard InChI is InChI=1S/C20H26N2O3/c1-13(2)8-11-25-20(24)15-7-10-22-17(15)12-14(3)18(22)19(23)16-6-5-9-21(16)4/h5-6,9,12-13,15H,7-8,10-11H2,1-4H3. The zero-order valence-corrected chi connectivity index (χ0v) is 15.4. The monoisotopic (exact) mass is 342 g/mol. The van der Waals surface area contributed by atoms with E-state index in [9.17, 15) is 9.59 Å². The molecule has 0 saturated carbocycles. The fourth-order valence-electron chi connectivity index (χ4n) is 3.50. The first-order valence-electron chi connectivity index (χ1n) is 8.92. The number of ether oxygens (including phenoxy) is 1. The van der Waals surface area contributed by atoms with E-state index in [0.717, 1.165) is 17.7 Å². The molecule has 1 aliphatic rings. The average molecular weight is 342 g/mol. The van der Waals surface area contributed by atoms with E-state index in [1.165, 1.54) is 0 Å². The maximum absolute atomic E-state index is 12.9. The molecule has 25 heavy (non-hydrogen) atoms. The van der Waals surface area contributed by atoms with Crippen LogP contribution in [-0.2, 0) is 23.1 Å². The molecule has 1 aliphatic heterocycles. The quantitative estimate of drug-likeness (QED) is 0.597. The van der Waals surface area contributed by atoms with Gasteiger partial charge in [0.15, 0.2) is 0 Å². The predicted molar refractivity (Wildman–Crippen MR) is 95.8 cm³/mol. The Bertz CT molecular complexity index is 798. The summed E-state index contributed by atoms with van der Waals surface area (Å²) in [6.45, 7) is 7.29. The van der Waals surface area contributed by atoms with E-state index < -0.39 is 0 Å². The van der Waals surface area contributed by atoms with Crippen LogP contribution < -0.4 is 0 Å². The van der Waals surface area contributed by atoms with Gasteiger partial charge in [-0.25, -0.2) is 0 Å². The number of hydrogen-bond donors (Lipinski definition) is 0. The molecule has 2 aromatic heterocycles. The molecule has 0 N–H and O–H groups in total. The third-order valence-corrected chi connectivity index (χ3v) is 4.93. The summed E-state index contributed by atoms with van der Waals surface area (Å²) in [5, 5.41) is 0. The first kappa shape index (κ1) is 17.5. The van der Waals surface area contributed by atoms with Gasteiger partial charge in [-0.05, 0) is 49.4 Å². The van der Waals surface area contributed by atoms with Crippen molar-refractivity contribution in [1.82, 2.24) is 9.13 Å². The highest BCUT2D eigenvalue weighted by molar-refractivity contribution is 6.08. The van der Waals surface area contributed by atoms with Gasteiger partial charge in [-0.3, -0.25) is 9.59 Å². The van der Waals surface area contributed by atoms with Gasteiger partial charge in [0.25, 0.3) is 0 Å². The summed E-state index contributed by atoms with van der Waals surface area (Å²) >= 11 is 0. The predicted octanol–water partition coefficient (Wildman–Crippen LogP) is 3.44. The molecule has 0 bridgehead atoms. The molecule has 0 saturated heterocycles. The first-order valence-corrected chi connectivity index (χ1v) is 8.92. The Morgan fingerprint density at radius 2 is 2.12 bits per heavy atom. The summed E-state index contributed by atoms with van der Waals surface area (Å²) in [5.74, 6) is 0.0812. The number of carbonyl (C=O) groups is 2. The normalized spacial score (nSPS) is 16.3. The van der Waals surface area contributed by atoms with Gasteiger partial charge in [0.1, 0.15) is 0 Å². The van der Waals surface area contributed by atoms with Crippen molar-refractivity contribution in [2.75, 3.05) is 6.61 Å². The van der Waals surface area contributed by atoms with E-state index in [4.69, 9.17) is 4.74 Å². The zero-order valence-electron chi connectivity index (χ0n) is 15.4. The molecular weight excluding hydrogens is 316 g/mol. The van der Waals surface area contributed by atoms with Crippen molar-refractivity contribution in [3.8, 4) is 0 Å². The number of nitrogens with zero attached hydrogens (tertiary/aromatic N) is 2. The molecule has 0 aromatic carbocycles. The minimum absolute atomic E-state index is 0.00470. The maximum Gasteiger partial charge on any atom is 0.315 e. The van der Waals surface area contributed by atoms with E-state index in [-0.39, 0.29) is 17.7 Å². The van der Waals surface area contributed by atoms with Crippen LogP contribution in [0.3, 0.4) is 0 Å². The van der Waals surface area contributed by atoms with Crippen molar-refractivity contribution in [3.05, 3.63) is 47.0 Å². The first-order chi connectivity index (χ1) is 11.9. The van der Waals surface area contributed by atoms with Crippen molar-refractivity contribution in [1.29, 1.82) is 0 Å². The van der Waals surface area contributed by atoms with Crippen LogP contribution >= 0.6 is 0 Å². The number of fused-ring (bicyclic) bond motifs is 1. The van der Waals surface area contributed by atoms with Gasteiger partial charge < -0.3 is 13.9 Å². The summed E-state index contributed by atoms with van der Waals surface area (Å²) in [7, 11) is 1.87.